The predicted molar refractivity (Wildman–Crippen MR) is 94.7 cm³/mol. The molecule has 4 nitrogen and oxygen atoms in total. The van der Waals surface area contributed by atoms with Crippen LogP contribution in [0, 0.1) is 0 Å². The van der Waals surface area contributed by atoms with Gasteiger partial charge in [0.05, 0.1) is 22.4 Å². The van der Waals surface area contributed by atoms with Crippen molar-refractivity contribution in [2.75, 3.05) is 11.9 Å². The zero-order valence-electron chi connectivity index (χ0n) is 12.4. The first-order chi connectivity index (χ1) is 9.93. The van der Waals surface area contributed by atoms with E-state index in [4.69, 9.17) is 18.0 Å². The number of rotatable bonds is 5. The van der Waals surface area contributed by atoms with Crippen LogP contribution in [-0.2, 0) is 20.0 Å². The van der Waals surface area contributed by atoms with Gasteiger partial charge in [0.25, 0.3) is 0 Å². The molecule has 2 aromatic rings. The van der Waals surface area contributed by atoms with E-state index in [1.54, 1.807) is 0 Å². The Morgan fingerprint density at radius 1 is 1.48 bits per heavy atom. The van der Waals surface area contributed by atoms with Crippen molar-refractivity contribution >= 4 is 38.8 Å². The topological polar surface area (TPSA) is 47.1 Å². The molecule has 0 atom stereocenters. The molecule has 0 amide bonds. The van der Waals surface area contributed by atoms with Gasteiger partial charge in [0, 0.05) is 25.3 Å². The summed E-state index contributed by atoms with van der Waals surface area (Å²) in [5.41, 5.74) is 9.88. The van der Waals surface area contributed by atoms with Crippen LogP contribution >= 0.6 is 28.1 Å². The number of halogens is 1. The van der Waals surface area contributed by atoms with E-state index >= 15 is 0 Å². The number of benzene rings is 1. The maximum absolute atomic E-state index is 5.70. The predicted octanol–water partition coefficient (Wildman–Crippen LogP) is 3.02. The van der Waals surface area contributed by atoms with Crippen LogP contribution in [-0.4, -0.2) is 21.8 Å². The third-order valence-corrected chi connectivity index (χ3v) is 4.61. The smallest absolute Gasteiger partial charge is 0.104 e. The maximum Gasteiger partial charge on any atom is 0.104 e. The van der Waals surface area contributed by atoms with Crippen LogP contribution in [0.1, 0.15) is 23.9 Å². The molecule has 2 N–H and O–H groups in total. The van der Waals surface area contributed by atoms with Crippen LogP contribution in [0.2, 0.25) is 0 Å². The number of thiocarbonyl (C=S) groups is 1. The molecule has 0 saturated heterocycles. The normalized spacial score (nSPS) is 10.7. The second-order valence-corrected chi connectivity index (χ2v) is 6.19. The van der Waals surface area contributed by atoms with Gasteiger partial charge in [-0.2, -0.15) is 5.10 Å². The Balaban J connectivity index is 2.26. The highest BCUT2D eigenvalue weighted by molar-refractivity contribution is 9.10. The largest absolute Gasteiger partial charge is 0.389 e. The molecule has 0 aliphatic heterocycles. The molecule has 2 rings (SSSR count). The first-order valence-corrected chi connectivity index (χ1v) is 7.95. The van der Waals surface area contributed by atoms with E-state index in [2.05, 4.69) is 32.9 Å². The van der Waals surface area contributed by atoms with Gasteiger partial charge in [0.2, 0.25) is 0 Å². The van der Waals surface area contributed by atoms with Gasteiger partial charge in [0.1, 0.15) is 4.99 Å². The van der Waals surface area contributed by atoms with E-state index in [-0.39, 0.29) is 0 Å². The van der Waals surface area contributed by atoms with E-state index in [0.717, 1.165) is 40.1 Å². The third kappa shape index (κ3) is 3.44. The van der Waals surface area contributed by atoms with Crippen LogP contribution in [0.3, 0.4) is 0 Å². The minimum Gasteiger partial charge on any atom is -0.389 e. The molecule has 0 unspecified atom stereocenters. The summed E-state index contributed by atoms with van der Waals surface area (Å²) in [5.74, 6) is 0. The van der Waals surface area contributed by atoms with Crippen molar-refractivity contribution in [1.82, 2.24) is 9.78 Å². The highest BCUT2D eigenvalue weighted by atomic mass is 79.9. The van der Waals surface area contributed by atoms with Gasteiger partial charge in [-0.15, -0.1) is 0 Å². The molecular weight excluding hydrogens is 348 g/mol. The van der Waals surface area contributed by atoms with Gasteiger partial charge in [-0.3, -0.25) is 4.68 Å². The van der Waals surface area contributed by atoms with Crippen molar-refractivity contribution in [3.8, 4) is 0 Å². The quantitative estimate of drug-likeness (QED) is 0.826. The first kappa shape index (κ1) is 16.0. The molecule has 0 aliphatic carbocycles. The van der Waals surface area contributed by atoms with Gasteiger partial charge in [-0.1, -0.05) is 31.3 Å². The molecule has 112 valence electrons. The molecule has 0 saturated carbocycles. The van der Waals surface area contributed by atoms with Gasteiger partial charge in [-0.25, -0.2) is 0 Å². The Bertz CT molecular complexity index is 666. The summed E-state index contributed by atoms with van der Waals surface area (Å²) >= 11 is 8.69. The monoisotopic (exact) mass is 366 g/mol. The van der Waals surface area contributed by atoms with Crippen molar-refractivity contribution < 1.29 is 0 Å². The first-order valence-electron chi connectivity index (χ1n) is 6.75. The lowest BCUT2D eigenvalue weighted by Gasteiger charge is -2.20. The standard InChI is InChI=1S/C15H19BrN4S/c1-4-12-14(16)13(20(3)18-12)9-19(2)11-7-5-6-10(8-11)15(17)21/h5-8H,4,9H2,1-3H3,(H2,17,21). The van der Waals surface area contributed by atoms with Crippen molar-refractivity contribution in [1.29, 1.82) is 0 Å². The lowest BCUT2D eigenvalue weighted by Crippen LogP contribution is -2.19. The van der Waals surface area contributed by atoms with E-state index in [9.17, 15) is 0 Å². The Morgan fingerprint density at radius 2 is 2.19 bits per heavy atom. The van der Waals surface area contributed by atoms with Gasteiger partial charge in [0.15, 0.2) is 0 Å². The van der Waals surface area contributed by atoms with Crippen molar-refractivity contribution in [3.05, 3.63) is 45.7 Å². The van der Waals surface area contributed by atoms with E-state index in [1.807, 2.05) is 43.0 Å². The van der Waals surface area contributed by atoms with Crippen LogP contribution in [0.5, 0.6) is 0 Å². The van der Waals surface area contributed by atoms with Crippen molar-refractivity contribution in [2.45, 2.75) is 19.9 Å². The minimum atomic E-state index is 0.417. The Labute approximate surface area is 139 Å². The third-order valence-electron chi connectivity index (χ3n) is 3.46. The zero-order valence-corrected chi connectivity index (χ0v) is 14.8. The highest BCUT2D eigenvalue weighted by Crippen LogP contribution is 2.25. The van der Waals surface area contributed by atoms with Crippen molar-refractivity contribution in [3.63, 3.8) is 0 Å². The molecule has 0 aliphatic rings. The molecule has 21 heavy (non-hydrogen) atoms. The highest BCUT2D eigenvalue weighted by Gasteiger charge is 2.14. The molecule has 0 spiro atoms. The summed E-state index contributed by atoms with van der Waals surface area (Å²) in [6, 6.07) is 7.95. The number of aromatic nitrogens is 2. The minimum absolute atomic E-state index is 0.417. The fourth-order valence-corrected chi connectivity index (χ4v) is 3.07. The van der Waals surface area contributed by atoms with E-state index in [1.165, 1.54) is 0 Å². The molecule has 6 heteroatoms. The van der Waals surface area contributed by atoms with Gasteiger partial charge >= 0.3 is 0 Å². The lowest BCUT2D eigenvalue weighted by atomic mass is 10.2. The van der Waals surface area contributed by atoms with E-state index in [0.29, 0.717) is 4.99 Å². The maximum atomic E-state index is 5.70. The number of hydrogen-bond donors (Lipinski definition) is 1. The molecular formula is C15H19BrN4S. The molecule has 0 bridgehead atoms. The van der Waals surface area contributed by atoms with E-state index < -0.39 is 0 Å². The number of hydrogen-bond acceptors (Lipinski definition) is 3. The van der Waals surface area contributed by atoms with Crippen molar-refractivity contribution in [2.24, 2.45) is 12.8 Å². The summed E-state index contributed by atoms with van der Waals surface area (Å²) in [4.78, 5) is 2.57. The average Bonchev–Trinajstić information content (AvgIpc) is 2.74. The number of nitrogens with zero attached hydrogens (tertiary/aromatic N) is 3. The van der Waals surface area contributed by atoms with Crippen LogP contribution in [0.15, 0.2) is 28.7 Å². The Hall–Kier alpha value is -1.40. The number of nitrogens with two attached hydrogens (primary N) is 1. The summed E-state index contributed by atoms with van der Waals surface area (Å²) in [6.45, 7) is 2.86. The van der Waals surface area contributed by atoms with Gasteiger partial charge in [-0.05, 0) is 34.5 Å². The van der Waals surface area contributed by atoms with Gasteiger partial charge < -0.3 is 10.6 Å². The summed E-state index contributed by atoms with van der Waals surface area (Å²) < 4.78 is 3.02. The summed E-state index contributed by atoms with van der Waals surface area (Å²) in [5, 5.41) is 4.52. The van der Waals surface area contributed by atoms with Crippen LogP contribution < -0.4 is 10.6 Å². The SMILES string of the molecule is CCc1nn(C)c(CN(C)c2cccc(C(N)=S)c2)c1Br. The fraction of sp³-hybridized carbons (Fsp3) is 0.333. The zero-order chi connectivity index (χ0) is 15.6. The molecule has 0 radical (unpaired) electrons. The number of anilines is 1. The second kappa shape index (κ2) is 6.58. The lowest BCUT2D eigenvalue weighted by molar-refractivity contribution is 0.688. The Kier molecular flexibility index (Phi) is 5.00. The molecule has 0 fully saturated rings. The summed E-state index contributed by atoms with van der Waals surface area (Å²) in [6.07, 6.45) is 0.912. The molecule has 1 aromatic heterocycles. The average molecular weight is 367 g/mol. The molecule has 1 heterocycles. The van der Waals surface area contributed by atoms with Crippen LogP contribution in [0.4, 0.5) is 5.69 Å². The molecule has 1 aromatic carbocycles. The second-order valence-electron chi connectivity index (χ2n) is 4.96. The van der Waals surface area contributed by atoms with Crippen LogP contribution in [0.25, 0.3) is 0 Å². The Morgan fingerprint density at radius 3 is 2.76 bits per heavy atom. The fourth-order valence-electron chi connectivity index (χ4n) is 2.20. The summed E-state index contributed by atoms with van der Waals surface area (Å²) in [7, 11) is 4.02. The number of aryl methyl sites for hydroxylation is 2.